The van der Waals surface area contributed by atoms with E-state index in [1.54, 1.807) is 14.2 Å². The summed E-state index contributed by atoms with van der Waals surface area (Å²) in [6.07, 6.45) is 6.08. The van der Waals surface area contributed by atoms with Gasteiger partial charge >= 0.3 is 0 Å². The molecule has 1 aliphatic rings. The van der Waals surface area contributed by atoms with Crippen molar-refractivity contribution < 1.29 is 19.1 Å². The first-order chi connectivity index (χ1) is 17.1. The van der Waals surface area contributed by atoms with Crippen molar-refractivity contribution in [3.05, 3.63) is 54.2 Å². The van der Waals surface area contributed by atoms with Gasteiger partial charge in [0.2, 0.25) is 11.8 Å². The number of nitrogens with one attached hydrogen (secondary N) is 1. The second kappa shape index (κ2) is 12.0. The van der Waals surface area contributed by atoms with Gasteiger partial charge in [0.15, 0.2) is 11.5 Å². The summed E-state index contributed by atoms with van der Waals surface area (Å²) in [5.74, 6) is 1.84. The Kier molecular flexibility index (Phi) is 8.58. The van der Waals surface area contributed by atoms with Crippen molar-refractivity contribution in [1.29, 1.82) is 0 Å². The number of para-hydroxylation sites is 1. The summed E-state index contributed by atoms with van der Waals surface area (Å²) in [6, 6.07) is 13.8. The van der Waals surface area contributed by atoms with Crippen LogP contribution in [0.2, 0.25) is 0 Å². The molecule has 0 bridgehead atoms. The Balaban J connectivity index is 1.32. The zero-order valence-electron chi connectivity index (χ0n) is 20.4. The first kappa shape index (κ1) is 25.0. The molecule has 0 aliphatic carbocycles. The maximum atomic E-state index is 12.8. The molecule has 7 nitrogen and oxygen atoms in total. The highest BCUT2D eigenvalue weighted by Gasteiger charge is 2.19. The summed E-state index contributed by atoms with van der Waals surface area (Å²) in [6.45, 7) is 2.58. The second-order valence-corrected chi connectivity index (χ2v) is 9.67. The van der Waals surface area contributed by atoms with Gasteiger partial charge in [0.1, 0.15) is 6.54 Å². The van der Waals surface area contributed by atoms with E-state index in [9.17, 15) is 9.59 Å². The Morgan fingerprint density at radius 1 is 1.00 bits per heavy atom. The summed E-state index contributed by atoms with van der Waals surface area (Å²) in [5, 5.41) is 4.07. The smallest absolute Gasteiger partial charge is 0.242 e. The summed E-state index contributed by atoms with van der Waals surface area (Å²) in [4.78, 5) is 28.3. The van der Waals surface area contributed by atoms with Gasteiger partial charge in [-0.25, -0.2) is 0 Å². The quantitative estimate of drug-likeness (QED) is 0.429. The minimum absolute atomic E-state index is 0.0169. The van der Waals surface area contributed by atoms with Gasteiger partial charge in [-0.1, -0.05) is 24.3 Å². The van der Waals surface area contributed by atoms with Crippen LogP contribution in [0, 0.1) is 0 Å². The topological polar surface area (TPSA) is 72.8 Å². The number of rotatable bonds is 10. The molecule has 186 valence electrons. The number of amides is 2. The number of fused-ring (bicyclic) bond motifs is 1. The van der Waals surface area contributed by atoms with Crippen LogP contribution >= 0.6 is 11.8 Å². The van der Waals surface area contributed by atoms with Crippen molar-refractivity contribution >= 4 is 34.5 Å². The molecule has 2 amide bonds. The van der Waals surface area contributed by atoms with Crippen LogP contribution in [0.5, 0.6) is 11.5 Å². The fourth-order valence-corrected chi connectivity index (χ4v) is 5.34. The monoisotopic (exact) mass is 495 g/mol. The molecule has 0 spiro atoms. The molecule has 1 aliphatic heterocycles. The number of nitrogens with zero attached hydrogens (tertiary/aromatic N) is 2. The predicted octanol–water partition coefficient (Wildman–Crippen LogP) is 4.12. The van der Waals surface area contributed by atoms with Gasteiger partial charge in [-0.15, -0.1) is 11.8 Å². The van der Waals surface area contributed by atoms with Gasteiger partial charge in [0.05, 0.1) is 20.0 Å². The van der Waals surface area contributed by atoms with Crippen LogP contribution in [0.3, 0.4) is 0 Å². The number of hydrogen-bond acceptors (Lipinski definition) is 5. The lowest BCUT2D eigenvalue weighted by molar-refractivity contribution is -0.132. The molecule has 0 saturated carbocycles. The number of methoxy groups -OCH3 is 2. The van der Waals surface area contributed by atoms with Gasteiger partial charge in [0.25, 0.3) is 0 Å². The Morgan fingerprint density at radius 3 is 2.54 bits per heavy atom. The van der Waals surface area contributed by atoms with Crippen LogP contribution in [0.15, 0.2) is 53.6 Å². The van der Waals surface area contributed by atoms with E-state index in [1.807, 2.05) is 52.1 Å². The number of carbonyl (C=O) groups is 2. The zero-order chi connectivity index (χ0) is 24.6. The third-order valence-corrected chi connectivity index (χ3v) is 7.35. The van der Waals surface area contributed by atoms with Crippen molar-refractivity contribution in [1.82, 2.24) is 14.8 Å². The van der Waals surface area contributed by atoms with Crippen molar-refractivity contribution in [2.45, 2.75) is 37.1 Å². The molecule has 2 aromatic carbocycles. The molecule has 1 N–H and O–H groups in total. The maximum absolute atomic E-state index is 12.8. The van der Waals surface area contributed by atoms with E-state index in [1.165, 1.54) is 18.2 Å². The number of carbonyl (C=O) groups excluding carboxylic acids is 2. The van der Waals surface area contributed by atoms with E-state index >= 15 is 0 Å². The lowest BCUT2D eigenvalue weighted by atomic mass is 10.1. The van der Waals surface area contributed by atoms with Crippen LogP contribution < -0.4 is 14.8 Å². The summed E-state index contributed by atoms with van der Waals surface area (Å²) in [7, 11) is 3.22. The summed E-state index contributed by atoms with van der Waals surface area (Å²) >= 11 is 1.50. The average molecular weight is 496 g/mol. The van der Waals surface area contributed by atoms with Crippen LogP contribution in [0.4, 0.5) is 0 Å². The largest absolute Gasteiger partial charge is 0.493 e. The zero-order valence-corrected chi connectivity index (χ0v) is 21.2. The summed E-state index contributed by atoms with van der Waals surface area (Å²) in [5.41, 5.74) is 2.09. The van der Waals surface area contributed by atoms with Gasteiger partial charge in [-0.3, -0.25) is 9.59 Å². The van der Waals surface area contributed by atoms with Crippen molar-refractivity contribution in [3.63, 3.8) is 0 Å². The second-order valence-electron chi connectivity index (χ2n) is 8.66. The van der Waals surface area contributed by atoms with Crippen LogP contribution in [-0.4, -0.2) is 60.9 Å². The molecule has 0 radical (unpaired) electrons. The first-order valence-corrected chi connectivity index (χ1v) is 13.0. The fraction of sp³-hybridized carbons (Fsp3) is 0.407. The Morgan fingerprint density at radius 2 is 1.77 bits per heavy atom. The Bertz CT molecular complexity index is 1170. The minimum Gasteiger partial charge on any atom is -0.493 e. The predicted molar refractivity (Wildman–Crippen MR) is 139 cm³/mol. The number of likely N-dealkylation sites (tertiary alicyclic amines) is 1. The molecule has 1 saturated heterocycles. The van der Waals surface area contributed by atoms with Crippen molar-refractivity contribution in [2.24, 2.45) is 0 Å². The van der Waals surface area contributed by atoms with Crippen molar-refractivity contribution in [2.75, 3.05) is 39.6 Å². The maximum Gasteiger partial charge on any atom is 0.242 e. The average Bonchev–Trinajstić information content (AvgIpc) is 3.25. The van der Waals surface area contributed by atoms with Gasteiger partial charge < -0.3 is 24.3 Å². The fourth-order valence-electron chi connectivity index (χ4n) is 4.42. The Hall–Kier alpha value is -3.13. The van der Waals surface area contributed by atoms with Gasteiger partial charge in [-0.2, -0.15) is 0 Å². The summed E-state index contributed by atoms with van der Waals surface area (Å²) < 4.78 is 12.6. The number of aromatic nitrogens is 1. The number of benzene rings is 2. The molecule has 2 heterocycles. The van der Waals surface area contributed by atoms with Crippen molar-refractivity contribution in [3.8, 4) is 11.5 Å². The first-order valence-electron chi connectivity index (χ1n) is 12.0. The molecule has 4 rings (SSSR count). The third-order valence-electron chi connectivity index (χ3n) is 6.31. The van der Waals surface area contributed by atoms with E-state index in [0.717, 1.165) is 47.3 Å². The minimum atomic E-state index is -0.0169. The van der Waals surface area contributed by atoms with E-state index in [-0.39, 0.29) is 11.8 Å². The van der Waals surface area contributed by atoms with Gasteiger partial charge in [-0.05, 0) is 49.4 Å². The highest BCUT2D eigenvalue weighted by atomic mass is 32.2. The molecule has 3 aromatic rings. The van der Waals surface area contributed by atoms with Crippen LogP contribution in [-0.2, 0) is 22.6 Å². The highest BCUT2D eigenvalue weighted by molar-refractivity contribution is 8.00. The van der Waals surface area contributed by atoms with Crippen LogP contribution in [0.25, 0.3) is 10.9 Å². The molecule has 1 aromatic heterocycles. The van der Waals surface area contributed by atoms with E-state index in [4.69, 9.17) is 9.47 Å². The molecule has 0 atom stereocenters. The molecule has 35 heavy (non-hydrogen) atoms. The third kappa shape index (κ3) is 6.31. The SMILES string of the molecule is COc1ccc(CCNC(=O)CSc2cn(CC(=O)N3CCCCC3)c3ccccc23)cc1OC. The molecular formula is C27H33N3O4S. The highest BCUT2D eigenvalue weighted by Crippen LogP contribution is 2.30. The number of thioether (sulfide) groups is 1. The molecule has 8 heteroatoms. The van der Waals surface area contributed by atoms with E-state index < -0.39 is 0 Å². The number of ether oxygens (including phenoxy) is 2. The molecule has 1 fully saturated rings. The number of piperidine rings is 1. The lowest BCUT2D eigenvalue weighted by Gasteiger charge is -2.27. The van der Waals surface area contributed by atoms with E-state index in [0.29, 0.717) is 36.8 Å². The normalized spacial score (nSPS) is 13.6. The van der Waals surface area contributed by atoms with Crippen LogP contribution in [0.1, 0.15) is 24.8 Å². The standard InChI is InChI=1S/C27H33N3O4S/c1-33-23-11-10-20(16-24(23)34-2)12-13-28-26(31)19-35-25-17-30(22-9-5-4-8-21(22)25)18-27(32)29-14-6-3-7-15-29/h4-5,8-11,16-17H,3,6-7,12-15,18-19H2,1-2H3,(H,28,31). The number of hydrogen-bond donors (Lipinski definition) is 1. The van der Waals surface area contributed by atoms with Gasteiger partial charge in [0, 0.05) is 41.6 Å². The lowest BCUT2D eigenvalue weighted by Crippen LogP contribution is -2.37. The molecular weight excluding hydrogens is 462 g/mol. The molecule has 0 unspecified atom stereocenters. The van der Waals surface area contributed by atoms with E-state index in [2.05, 4.69) is 11.4 Å². The Labute approximate surface area is 210 Å².